The lowest BCUT2D eigenvalue weighted by molar-refractivity contribution is -0.389. The molecular formula is C17H21N5O3. The van der Waals surface area contributed by atoms with E-state index >= 15 is 0 Å². The van der Waals surface area contributed by atoms with Crippen molar-refractivity contribution in [2.45, 2.75) is 25.8 Å². The summed E-state index contributed by atoms with van der Waals surface area (Å²) in [5.74, 6) is -0.544. The fraction of sp³-hybridized carbons (Fsp3) is 0.412. The highest BCUT2D eigenvalue weighted by Crippen LogP contribution is 2.13. The molecule has 132 valence electrons. The van der Waals surface area contributed by atoms with Crippen molar-refractivity contribution in [3.05, 3.63) is 52.2 Å². The fourth-order valence-corrected chi connectivity index (χ4v) is 2.93. The number of anilines is 1. The van der Waals surface area contributed by atoms with E-state index in [0.29, 0.717) is 5.69 Å². The molecule has 1 aliphatic rings. The van der Waals surface area contributed by atoms with Gasteiger partial charge >= 0.3 is 5.82 Å². The van der Waals surface area contributed by atoms with Gasteiger partial charge in [0.05, 0.1) is 17.4 Å². The second-order valence-electron chi connectivity index (χ2n) is 6.17. The van der Waals surface area contributed by atoms with Gasteiger partial charge in [-0.2, -0.15) is 4.68 Å². The summed E-state index contributed by atoms with van der Waals surface area (Å²) in [4.78, 5) is 24.5. The molecule has 25 heavy (non-hydrogen) atoms. The second kappa shape index (κ2) is 7.89. The minimum Gasteiger partial charge on any atom is -0.358 e. The van der Waals surface area contributed by atoms with E-state index in [4.69, 9.17) is 0 Å². The third kappa shape index (κ3) is 4.87. The molecule has 2 aromatic rings. The van der Waals surface area contributed by atoms with Crippen LogP contribution in [0.15, 0.2) is 36.5 Å². The molecular weight excluding hydrogens is 322 g/mol. The summed E-state index contributed by atoms with van der Waals surface area (Å²) in [5.41, 5.74) is 1.95. The highest BCUT2D eigenvalue weighted by molar-refractivity contribution is 5.90. The molecule has 1 aliphatic heterocycles. The molecule has 0 spiro atoms. The topological polar surface area (TPSA) is 93.3 Å². The van der Waals surface area contributed by atoms with Crippen LogP contribution in [0.5, 0.6) is 0 Å². The highest BCUT2D eigenvalue weighted by Gasteiger charge is 2.14. The molecule has 2 heterocycles. The molecule has 0 aliphatic carbocycles. The van der Waals surface area contributed by atoms with E-state index < -0.39 is 4.92 Å². The molecule has 1 aromatic heterocycles. The summed E-state index contributed by atoms with van der Waals surface area (Å²) in [6, 6.07) is 9.06. The minimum atomic E-state index is -0.588. The Morgan fingerprint density at radius 1 is 1.20 bits per heavy atom. The second-order valence-corrected chi connectivity index (χ2v) is 6.17. The van der Waals surface area contributed by atoms with Crippen molar-refractivity contribution in [1.82, 2.24) is 14.7 Å². The van der Waals surface area contributed by atoms with Crippen LogP contribution in [0.1, 0.15) is 18.4 Å². The van der Waals surface area contributed by atoms with Crippen LogP contribution in [0.4, 0.5) is 11.5 Å². The van der Waals surface area contributed by atoms with Crippen molar-refractivity contribution >= 4 is 17.4 Å². The van der Waals surface area contributed by atoms with Gasteiger partial charge in [-0.15, -0.1) is 0 Å². The van der Waals surface area contributed by atoms with E-state index in [1.54, 1.807) is 0 Å². The van der Waals surface area contributed by atoms with Gasteiger partial charge in [0.15, 0.2) is 0 Å². The highest BCUT2D eigenvalue weighted by atomic mass is 16.6. The molecule has 0 atom stereocenters. The Kier molecular flexibility index (Phi) is 5.39. The zero-order chi connectivity index (χ0) is 17.6. The SMILES string of the molecule is O=C(Cn1ccc([N+](=O)[O-])n1)Nc1ccc(CCN2CCCC2)cc1. The van der Waals surface area contributed by atoms with Gasteiger partial charge in [0.25, 0.3) is 0 Å². The van der Waals surface area contributed by atoms with Crippen LogP contribution in [0.2, 0.25) is 0 Å². The maximum Gasteiger partial charge on any atom is 0.389 e. The monoisotopic (exact) mass is 343 g/mol. The summed E-state index contributed by atoms with van der Waals surface area (Å²) in [6.45, 7) is 3.40. The third-order valence-electron chi connectivity index (χ3n) is 4.27. The number of amides is 1. The lowest BCUT2D eigenvalue weighted by Gasteiger charge is -2.14. The summed E-state index contributed by atoms with van der Waals surface area (Å²) in [5, 5.41) is 17.1. The Bertz CT molecular complexity index is 735. The number of nitro groups is 1. The number of hydrogen-bond donors (Lipinski definition) is 1. The van der Waals surface area contributed by atoms with E-state index in [1.165, 1.54) is 48.4 Å². The Morgan fingerprint density at radius 3 is 2.56 bits per heavy atom. The van der Waals surface area contributed by atoms with Crippen molar-refractivity contribution in [2.75, 3.05) is 25.0 Å². The normalized spacial score (nSPS) is 14.6. The van der Waals surface area contributed by atoms with E-state index in [1.807, 2.05) is 24.3 Å². The quantitative estimate of drug-likeness (QED) is 0.613. The van der Waals surface area contributed by atoms with Crippen LogP contribution in [0.3, 0.4) is 0 Å². The van der Waals surface area contributed by atoms with Crippen LogP contribution in [-0.2, 0) is 17.8 Å². The first-order chi connectivity index (χ1) is 12.1. The number of benzene rings is 1. The van der Waals surface area contributed by atoms with E-state index in [-0.39, 0.29) is 18.3 Å². The van der Waals surface area contributed by atoms with Gasteiger partial charge in [-0.3, -0.25) is 4.79 Å². The molecule has 8 nitrogen and oxygen atoms in total. The average molecular weight is 343 g/mol. The molecule has 3 rings (SSSR count). The Balaban J connectivity index is 1.48. The number of hydrogen-bond acceptors (Lipinski definition) is 5. The third-order valence-corrected chi connectivity index (χ3v) is 4.27. The van der Waals surface area contributed by atoms with E-state index in [9.17, 15) is 14.9 Å². The first-order valence-electron chi connectivity index (χ1n) is 8.39. The van der Waals surface area contributed by atoms with Crippen LogP contribution in [0.25, 0.3) is 0 Å². The summed E-state index contributed by atoms with van der Waals surface area (Å²) in [6.07, 6.45) is 5.01. The molecule has 0 radical (unpaired) electrons. The number of likely N-dealkylation sites (tertiary alicyclic amines) is 1. The molecule has 1 saturated heterocycles. The first-order valence-corrected chi connectivity index (χ1v) is 8.39. The molecule has 0 saturated carbocycles. The number of rotatable bonds is 7. The minimum absolute atomic E-state index is 0.0649. The van der Waals surface area contributed by atoms with Crippen LogP contribution < -0.4 is 5.32 Å². The molecule has 1 N–H and O–H groups in total. The van der Waals surface area contributed by atoms with Gasteiger partial charge < -0.3 is 20.3 Å². The Hall–Kier alpha value is -2.74. The maximum absolute atomic E-state index is 12.0. The Morgan fingerprint density at radius 2 is 1.92 bits per heavy atom. The lowest BCUT2D eigenvalue weighted by atomic mass is 10.1. The first kappa shape index (κ1) is 17.1. The van der Waals surface area contributed by atoms with Gasteiger partial charge in [0.1, 0.15) is 6.54 Å². The van der Waals surface area contributed by atoms with Gasteiger partial charge in [-0.05, 0) is 55.0 Å². The maximum atomic E-state index is 12.0. The summed E-state index contributed by atoms with van der Waals surface area (Å²) in [7, 11) is 0. The number of aromatic nitrogens is 2. The molecule has 1 fully saturated rings. The van der Waals surface area contributed by atoms with Crippen molar-refractivity contribution < 1.29 is 9.72 Å². The fourth-order valence-electron chi connectivity index (χ4n) is 2.93. The zero-order valence-corrected chi connectivity index (χ0v) is 13.9. The number of carbonyl (C=O) groups excluding carboxylic acids is 1. The zero-order valence-electron chi connectivity index (χ0n) is 13.9. The van der Waals surface area contributed by atoms with Crippen LogP contribution in [-0.4, -0.2) is 45.1 Å². The molecule has 0 bridgehead atoms. The molecule has 0 unspecified atom stereocenters. The van der Waals surface area contributed by atoms with Gasteiger partial charge in [-0.1, -0.05) is 12.1 Å². The van der Waals surface area contributed by atoms with Crippen molar-refractivity contribution in [3.63, 3.8) is 0 Å². The number of carbonyl (C=O) groups is 1. The van der Waals surface area contributed by atoms with Gasteiger partial charge in [-0.25, -0.2) is 0 Å². The van der Waals surface area contributed by atoms with Crippen LogP contribution >= 0.6 is 0 Å². The van der Waals surface area contributed by atoms with E-state index in [2.05, 4.69) is 15.3 Å². The number of nitrogens with one attached hydrogen (secondary N) is 1. The lowest BCUT2D eigenvalue weighted by Crippen LogP contribution is -2.22. The van der Waals surface area contributed by atoms with Crippen molar-refractivity contribution in [3.8, 4) is 0 Å². The smallest absolute Gasteiger partial charge is 0.358 e. The summed E-state index contributed by atoms with van der Waals surface area (Å²) >= 11 is 0. The van der Waals surface area contributed by atoms with Gasteiger partial charge in [0, 0.05) is 12.2 Å². The van der Waals surface area contributed by atoms with Crippen molar-refractivity contribution in [2.24, 2.45) is 0 Å². The molecule has 8 heteroatoms. The van der Waals surface area contributed by atoms with Gasteiger partial charge in [0.2, 0.25) is 5.91 Å². The predicted molar refractivity (Wildman–Crippen MR) is 93.3 cm³/mol. The van der Waals surface area contributed by atoms with Crippen LogP contribution in [0, 0.1) is 10.1 Å². The molecule has 1 amide bonds. The molecule has 1 aromatic carbocycles. The average Bonchev–Trinajstić information content (AvgIpc) is 3.26. The van der Waals surface area contributed by atoms with E-state index in [0.717, 1.165) is 13.0 Å². The largest absolute Gasteiger partial charge is 0.389 e. The number of nitrogens with zero attached hydrogens (tertiary/aromatic N) is 4. The van der Waals surface area contributed by atoms with Crippen molar-refractivity contribution in [1.29, 1.82) is 0 Å². The standard InChI is InChI=1S/C17H21N5O3/c23-17(13-21-12-8-16(19-21)22(24)25)18-15-5-3-14(4-6-15)7-11-20-9-1-2-10-20/h3-6,8,12H,1-2,7,9-11,13H2,(H,18,23). The Labute approximate surface area is 145 Å². The predicted octanol–water partition coefficient (Wildman–Crippen LogP) is 2.07. The summed E-state index contributed by atoms with van der Waals surface area (Å²) < 4.78 is 1.25.